The molecule has 7 nitrogen and oxygen atoms in total. The topological polar surface area (TPSA) is 84.9 Å². The van der Waals surface area contributed by atoms with Gasteiger partial charge in [-0.25, -0.2) is 8.42 Å². The Morgan fingerprint density at radius 2 is 1.45 bits per heavy atom. The molecule has 174 valence electrons. The van der Waals surface area contributed by atoms with Crippen LogP contribution in [0.15, 0.2) is 83.8 Å². The number of ether oxygens (including phenoxy) is 2. The molecule has 0 spiro atoms. The fourth-order valence-corrected chi connectivity index (χ4v) is 4.91. The monoisotopic (exact) mass is 468 g/mol. The standard InChI is InChI=1S/C25H28N2O5S/c1-31-23-16-8-6-11-20(23)12-10-18-26-25(28)19-27(22-15-7-9-17-24(22)32-2)33(29,30)21-13-4-3-5-14-21/h3-9,11,13-17H,10,12,18-19H2,1-2H3,(H,26,28). The van der Waals surface area contributed by atoms with Crippen molar-refractivity contribution in [1.29, 1.82) is 0 Å². The van der Waals surface area contributed by atoms with Crippen LogP contribution in [0, 0.1) is 0 Å². The Hall–Kier alpha value is -3.52. The van der Waals surface area contributed by atoms with Gasteiger partial charge in [-0.05, 0) is 48.7 Å². The van der Waals surface area contributed by atoms with Crippen molar-refractivity contribution in [2.24, 2.45) is 0 Å². The van der Waals surface area contributed by atoms with Crippen LogP contribution in [0.5, 0.6) is 11.5 Å². The van der Waals surface area contributed by atoms with Gasteiger partial charge in [0.1, 0.15) is 18.0 Å². The molecule has 3 aromatic carbocycles. The molecule has 33 heavy (non-hydrogen) atoms. The third-order valence-corrected chi connectivity index (χ3v) is 6.88. The van der Waals surface area contributed by atoms with E-state index in [1.54, 1.807) is 49.6 Å². The van der Waals surface area contributed by atoms with Crippen molar-refractivity contribution >= 4 is 21.6 Å². The molecule has 0 unspecified atom stereocenters. The van der Waals surface area contributed by atoms with Gasteiger partial charge in [0.05, 0.1) is 24.8 Å². The molecule has 3 aromatic rings. The average Bonchev–Trinajstić information content (AvgIpc) is 2.85. The highest BCUT2D eigenvalue weighted by Crippen LogP contribution is 2.32. The van der Waals surface area contributed by atoms with Crippen molar-refractivity contribution in [2.75, 3.05) is 31.6 Å². The van der Waals surface area contributed by atoms with Gasteiger partial charge >= 0.3 is 0 Å². The smallest absolute Gasteiger partial charge is 0.264 e. The number of hydrogen-bond acceptors (Lipinski definition) is 5. The Balaban J connectivity index is 1.73. The lowest BCUT2D eigenvalue weighted by atomic mass is 10.1. The zero-order valence-corrected chi connectivity index (χ0v) is 19.5. The first-order valence-corrected chi connectivity index (χ1v) is 12.0. The fourth-order valence-electron chi connectivity index (χ4n) is 3.46. The van der Waals surface area contributed by atoms with E-state index < -0.39 is 15.9 Å². The van der Waals surface area contributed by atoms with Crippen LogP contribution in [0.1, 0.15) is 12.0 Å². The maximum Gasteiger partial charge on any atom is 0.264 e. The second-order valence-electron chi connectivity index (χ2n) is 7.26. The second kappa shape index (κ2) is 11.4. The van der Waals surface area contributed by atoms with E-state index in [-0.39, 0.29) is 11.4 Å². The van der Waals surface area contributed by atoms with Crippen LogP contribution in [0.25, 0.3) is 0 Å². The van der Waals surface area contributed by atoms with Crippen molar-refractivity contribution in [3.05, 3.63) is 84.4 Å². The number of carbonyl (C=O) groups is 1. The minimum absolute atomic E-state index is 0.0971. The molecular weight excluding hydrogens is 440 g/mol. The molecule has 0 atom stereocenters. The number of para-hydroxylation sites is 3. The Bertz CT molecular complexity index is 1170. The first kappa shape index (κ1) is 24.1. The van der Waals surface area contributed by atoms with E-state index in [4.69, 9.17) is 9.47 Å². The molecule has 0 aliphatic rings. The number of methoxy groups -OCH3 is 2. The van der Waals surface area contributed by atoms with Crippen LogP contribution in [0.2, 0.25) is 0 Å². The van der Waals surface area contributed by atoms with Crippen molar-refractivity contribution in [3.63, 3.8) is 0 Å². The van der Waals surface area contributed by atoms with E-state index >= 15 is 0 Å². The summed E-state index contributed by atoms with van der Waals surface area (Å²) in [5, 5.41) is 2.82. The van der Waals surface area contributed by atoms with Crippen molar-refractivity contribution < 1.29 is 22.7 Å². The van der Waals surface area contributed by atoms with E-state index in [1.165, 1.54) is 19.2 Å². The minimum Gasteiger partial charge on any atom is -0.496 e. The van der Waals surface area contributed by atoms with E-state index in [0.29, 0.717) is 24.4 Å². The number of nitrogens with zero attached hydrogens (tertiary/aromatic N) is 1. The quantitative estimate of drug-likeness (QED) is 0.434. The van der Waals surface area contributed by atoms with Crippen LogP contribution >= 0.6 is 0 Å². The maximum atomic E-state index is 13.4. The van der Waals surface area contributed by atoms with Gasteiger partial charge in [-0.3, -0.25) is 9.10 Å². The maximum absolute atomic E-state index is 13.4. The summed E-state index contributed by atoms with van der Waals surface area (Å²) < 4.78 is 38.6. The van der Waals surface area contributed by atoms with E-state index in [2.05, 4.69) is 5.32 Å². The second-order valence-corrected chi connectivity index (χ2v) is 9.12. The van der Waals surface area contributed by atoms with Gasteiger partial charge in [-0.1, -0.05) is 48.5 Å². The van der Waals surface area contributed by atoms with Crippen LogP contribution in [-0.4, -0.2) is 41.6 Å². The number of anilines is 1. The summed E-state index contributed by atoms with van der Waals surface area (Å²) in [4.78, 5) is 12.9. The van der Waals surface area contributed by atoms with Gasteiger partial charge in [0.25, 0.3) is 10.0 Å². The summed E-state index contributed by atoms with van der Waals surface area (Å²) >= 11 is 0. The molecule has 0 radical (unpaired) electrons. The molecule has 0 saturated heterocycles. The SMILES string of the molecule is COc1ccccc1CCCNC(=O)CN(c1ccccc1OC)S(=O)(=O)c1ccccc1. The Morgan fingerprint density at radius 1 is 0.848 bits per heavy atom. The van der Waals surface area contributed by atoms with Gasteiger partial charge in [0.15, 0.2) is 0 Å². The third kappa shape index (κ3) is 6.04. The molecule has 8 heteroatoms. The lowest BCUT2D eigenvalue weighted by Crippen LogP contribution is -2.41. The highest BCUT2D eigenvalue weighted by Gasteiger charge is 2.29. The number of carbonyl (C=O) groups excluding carboxylic acids is 1. The van der Waals surface area contributed by atoms with Gasteiger partial charge in [-0.15, -0.1) is 0 Å². The molecule has 0 heterocycles. The van der Waals surface area contributed by atoms with E-state index in [1.807, 2.05) is 24.3 Å². The van der Waals surface area contributed by atoms with Crippen molar-refractivity contribution in [3.8, 4) is 11.5 Å². The summed E-state index contributed by atoms with van der Waals surface area (Å²) in [6, 6.07) is 22.5. The summed E-state index contributed by atoms with van der Waals surface area (Å²) in [6.07, 6.45) is 1.41. The number of aryl methyl sites for hydroxylation is 1. The largest absolute Gasteiger partial charge is 0.496 e. The molecule has 0 fully saturated rings. The molecule has 0 saturated carbocycles. The van der Waals surface area contributed by atoms with Crippen molar-refractivity contribution in [2.45, 2.75) is 17.7 Å². The zero-order valence-electron chi connectivity index (χ0n) is 18.7. The summed E-state index contributed by atoms with van der Waals surface area (Å²) in [5.74, 6) is 0.765. The predicted octanol–water partition coefficient (Wildman–Crippen LogP) is 3.65. The van der Waals surface area contributed by atoms with E-state index in [0.717, 1.165) is 22.0 Å². The van der Waals surface area contributed by atoms with Gasteiger partial charge in [0.2, 0.25) is 5.91 Å². The Kier molecular flexibility index (Phi) is 8.32. The zero-order chi connectivity index (χ0) is 23.7. The molecule has 1 N–H and O–H groups in total. The van der Waals surface area contributed by atoms with Crippen molar-refractivity contribution in [1.82, 2.24) is 5.32 Å². The average molecular weight is 469 g/mol. The van der Waals surface area contributed by atoms with Crippen LogP contribution in [-0.2, 0) is 21.2 Å². The molecule has 0 aliphatic heterocycles. The summed E-state index contributed by atoms with van der Waals surface area (Å²) in [5.41, 5.74) is 1.35. The highest BCUT2D eigenvalue weighted by molar-refractivity contribution is 7.92. The predicted molar refractivity (Wildman–Crippen MR) is 128 cm³/mol. The number of nitrogens with one attached hydrogen (secondary N) is 1. The van der Waals surface area contributed by atoms with E-state index in [9.17, 15) is 13.2 Å². The number of hydrogen-bond donors (Lipinski definition) is 1. The third-order valence-electron chi connectivity index (χ3n) is 5.11. The summed E-state index contributed by atoms with van der Waals surface area (Å²) in [7, 11) is -0.901. The molecule has 3 rings (SSSR count). The Labute approximate surface area is 195 Å². The van der Waals surface area contributed by atoms with Gasteiger partial charge in [0, 0.05) is 6.54 Å². The normalized spacial score (nSPS) is 11.0. The van der Waals surface area contributed by atoms with Gasteiger partial charge in [-0.2, -0.15) is 0 Å². The lowest BCUT2D eigenvalue weighted by Gasteiger charge is -2.25. The van der Waals surface area contributed by atoms with Gasteiger partial charge < -0.3 is 14.8 Å². The fraction of sp³-hybridized carbons (Fsp3) is 0.240. The van der Waals surface area contributed by atoms with Crippen LogP contribution in [0.4, 0.5) is 5.69 Å². The highest BCUT2D eigenvalue weighted by atomic mass is 32.2. The number of sulfonamides is 1. The molecule has 0 aliphatic carbocycles. The first-order valence-electron chi connectivity index (χ1n) is 10.6. The minimum atomic E-state index is -3.99. The number of rotatable bonds is 11. The molecule has 1 amide bonds. The van der Waals surface area contributed by atoms with Crippen LogP contribution < -0.4 is 19.1 Å². The molecular formula is C25H28N2O5S. The number of benzene rings is 3. The van der Waals surface area contributed by atoms with Crippen LogP contribution in [0.3, 0.4) is 0 Å². The first-order chi connectivity index (χ1) is 16.0. The number of amides is 1. The summed E-state index contributed by atoms with van der Waals surface area (Å²) in [6.45, 7) is 0.0360. The molecule has 0 aromatic heterocycles. The molecule has 0 bridgehead atoms. The lowest BCUT2D eigenvalue weighted by molar-refractivity contribution is -0.119. The Morgan fingerprint density at radius 3 is 2.15 bits per heavy atom.